The zero-order chi connectivity index (χ0) is 12.3. The third kappa shape index (κ3) is 2.84. The molecule has 0 aliphatic rings. The number of hydrogen-bond donors (Lipinski definition) is 1. The van der Waals surface area contributed by atoms with Crippen molar-refractivity contribution in [3.63, 3.8) is 0 Å². The van der Waals surface area contributed by atoms with Crippen molar-refractivity contribution in [2.75, 3.05) is 0 Å². The predicted molar refractivity (Wildman–Crippen MR) is 67.9 cm³/mol. The van der Waals surface area contributed by atoms with Crippen molar-refractivity contribution in [1.82, 2.24) is 5.32 Å². The lowest BCUT2D eigenvalue weighted by atomic mass is 9.94. The predicted octanol–water partition coefficient (Wildman–Crippen LogP) is 3.26. The van der Waals surface area contributed by atoms with Gasteiger partial charge in [-0.05, 0) is 43.9 Å². The largest absolute Gasteiger partial charge is 0.350 e. The molecule has 0 fully saturated rings. The van der Waals surface area contributed by atoms with Gasteiger partial charge in [0.1, 0.15) is 0 Å². The number of benzene rings is 1. The molecule has 0 bridgehead atoms. The van der Waals surface area contributed by atoms with Crippen LogP contribution in [0.2, 0.25) is 0 Å². The number of carbonyl (C=O) groups is 1. The van der Waals surface area contributed by atoms with E-state index < -0.39 is 0 Å². The van der Waals surface area contributed by atoms with Gasteiger partial charge in [-0.25, -0.2) is 0 Å². The quantitative estimate of drug-likeness (QED) is 0.830. The standard InChI is InChI=1S/C14H21NO/c1-9(2)12-7-6-8-13(11(12)5)14(16)15-10(3)4/h6-10H,1-5H3,(H,15,16). The van der Waals surface area contributed by atoms with Crippen LogP contribution < -0.4 is 5.32 Å². The Morgan fingerprint density at radius 1 is 1.19 bits per heavy atom. The van der Waals surface area contributed by atoms with E-state index in [2.05, 4.69) is 25.2 Å². The smallest absolute Gasteiger partial charge is 0.251 e. The Kier molecular flexibility index (Phi) is 4.11. The Bertz CT molecular complexity index is 380. The zero-order valence-corrected chi connectivity index (χ0v) is 10.8. The first-order valence-corrected chi connectivity index (χ1v) is 5.83. The maximum Gasteiger partial charge on any atom is 0.251 e. The molecule has 1 N–H and O–H groups in total. The van der Waals surface area contributed by atoms with Crippen molar-refractivity contribution in [2.24, 2.45) is 0 Å². The van der Waals surface area contributed by atoms with Crippen LogP contribution in [0.5, 0.6) is 0 Å². The molecule has 1 rings (SSSR count). The molecule has 0 heterocycles. The summed E-state index contributed by atoms with van der Waals surface area (Å²) in [6.45, 7) is 10.3. The fourth-order valence-electron chi connectivity index (χ4n) is 1.86. The Morgan fingerprint density at radius 2 is 1.81 bits per heavy atom. The zero-order valence-electron chi connectivity index (χ0n) is 10.8. The second-order valence-electron chi connectivity index (χ2n) is 4.80. The van der Waals surface area contributed by atoms with Crippen molar-refractivity contribution in [3.05, 3.63) is 34.9 Å². The second kappa shape index (κ2) is 5.15. The van der Waals surface area contributed by atoms with E-state index in [1.165, 1.54) is 5.56 Å². The van der Waals surface area contributed by atoms with Crippen LogP contribution in [0.3, 0.4) is 0 Å². The van der Waals surface area contributed by atoms with E-state index in [4.69, 9.17) is 0 Å². The number of carbonyl (C=O) groups excluding carboxylic acids is 1. The lowest BCUT2D eigenvalue weighted by molar-refractivity contribution is 0.0942. The topological polar surface area (TPSA) is 29.1 Å². The van der Waals surface area contributed by atoms with E-state index in [1.807, 2.05) is 32.9 Å². The van der Waals surface area contributed by atoms with Gasteiger partial charge in [0.05, 0.1) is 0 Å². The molecule has 0 atom stereocenters. The maximum absolute atomic E-state index is 11.9. The van der Waals surface area contributed by atoms with Crippen LogP contribution in [-0.4, -0.2) is 11.9 Å². The van der Waals surface area contributed by atoms with Crippen LogP contribution in [-0.2, 0) is 0 Å². The van der Waals surface area contributed by atoms with Gasteiger partial charge in [-0.2, -0.15) is 0 Å². The van der Waals surface area contributed by atoms with E-state index in [1.54, 1.807) is 0 Å². The van der Waals surface area contributed by atoms with Crippen LogP contribution in [0.4, 0.5) is 0 Å². The number of hydrogen-bond acceptors (Lipinski definition) is 1. The minimum Gasteiger partial charge on any atom is -0.350 e. The summed E-state index contributed by atoms with van der Waals surface area (Å²) in [5, 5.41) is 2.93. The van der Waals surface area contributed by atoms with Crippen molar-refractivity contribution in [2.45, 2.75) is 46.6 Å². The fraction of sp³-hybridized carbons (Fsp3) is 0.500. The molecule has 0 saturated carbocycles. The molecule has 1 amide bonds. The van der Waals surface area contributed by atoms with Gasteiger partial charge < -0.3 is 5.32 Å². The normalized spacial score (nSPS) is 10.9. The molecule has 0 saturated heterocycles. The molecule has 2 nitrogen and oxygen atoms in total. The highest BCUT2D eigenvalue weighted by Crippen LogP contribution is 2.21. The summed E-state index contributed by atoms with van der Waals surface area (Å²) < 4.78 is 0. The van der Waals surface area contributed by atoms with Gasteiger partial charge in [-0.3, -0.25) is 4.79 Å². The van der Waals surface area contributed by atoms with Crippen LogP contribution in [0, 0.1) is 6.92 Å². The molecular weight excluding hydrogens is 198 g/mol. The molecule has 0 aliphatic carbocycles. The minimum atomic E-state index is 0.0231. The van der Waals surface area contributed by atoms with E-state index in [0.717, 1.165) is 11.1 Å². The van der Waals surface area contributed by atoms with E-state index in [9.17, 15) is 4.79 Å². The minimum absolute atomic E-state index is 0.0231. The third-order valence-electron chi connectivity index (χ3n) is 2.66. The molecule has 16 heavy (non-hydrogen) atoms. The summed E-state index contributed by atoms with van der Waals surface area (Å²) in [5.74, 6) is 0.474. The first kappa shape index (κ1) is 12.8. The van der Waals surface area contributed by atoms with Crippen LogP contribution in [0.25, 0.3) is 0 Å². The molecular formula is C14H21NO. The summed E-state index contributed by atoms with van der Waals surface area (Å²) in [6, 6.07) is 6.11. The van der Waals surface area contributed by atoms with Gasteiger partial charge in [-0.1, -0.05) is 26.0 Å². The monoisotopic (exact) mass is 219 g/mol. The van der Waals surface area contributed by atoms with Gasteiger partial charge in [0.25, 0.3) is 5.91 Å². The summed E-state index contributed by atoms with van der Waals surface area (Å²) in [4.78, 5) is 11.9. The van der Waals surface area contributed by atoms with Gasteiger partial charge in [0.2, 0.25) is 0 Å². The van der Waals surface area contributed by atoms with Crippen LogP contribution in [0.15, 0.2) is 18.2 Å². The number of rotatable bonds is 3. The summed E-state index contributed by atoms with van der Waals surface area (Å²) >= 11 is 0. The van der Waals surface area contributed by atoms with E-state index in [-0.39, 0.29) is 11.9 Å². The highest BCUT2D eigenvalue weighted by molar-refractivity contribution is 5.96. The SMILES string of the molecule is Cc1c(C(=O)NC(C)C)cccc1C(C)C. The van der Waals surface area contributed by atoms with Crippen molar-refractivity contribution < 1.29 is 4.79 Å². The average molecular weight is 219 g/mol. The highest BCUT2D eigenvalue weighted by Gasteiger charge is 2.13. The van der Waals surface area contributed by atoms with E-state index in [0.29, 0.717) is 5.92 Å². The Labute approximate surface area is 98.1 Å². The molecule has 1 aromatic rings. The van der Waals surface area contributed by atoms with E-state index >= 15 is 0 Å². The lowest BCUT2D eigenvalue weighted by Crippen LogP contribution is -2.30. The number of amides is 1. The Hall–Kier alpha value is -1.31. The molecule has 1 aromatic carbocycles. The average Bonchev–Trinajstić information content (AvgIpc) is 2.16. The van der Waals surface area contributed by atoms with Crippen LogP contribution in [0.1, 0.15) is 55.1 Å². The molecule has 0 unspecified atom stereocenters. The Balaban J connectivity index is 3.06. The van der Waals surface area contributed by atoms with Gasteiger partial charge in [-0.15, -0.1) is 0 Å². The second-order valence-corrected chi connectivity index (χ2v) is 4.80. The molecule has 0 aliphatic heterocycles. The number of nitrogens with one attached hydrogen (secondary N) is 1. The fourth-order valence-corrected chi connectivity index (χ4v) is 1.86. The first-order chi connectivity index (χ1) is 7.43. The first-order valence-electron chi connectivity index (χ1n) is 5.83. The summed E-state index contributed by atoms with van der Waals surface area (Å²) in [6.07, 6.45) is 0. The molecule has 0 radical (unpaired) electrons. The molecule has 0 aromatic heterocycles. The van der Waals surface area contributed by atoms with Gasteiger partial charge >= 0.3 is 0 Å². The van der Waals surface area contributed by atoms with Crippen molar-refractivity contribution in [3.8, 4) is 0 Å². The highest BCUT2D eigenvalue weighted by atomic mass is 16.1. The summed E-state index contributed by atoms with van der Waals surface area (Å²) in [5.41, 5.74) is 3.13. The van der Waals surface area contributed by atoms with Gasteiger partial charge in [0.15, 0.2) is 0 Å². The Morgan fingerprint density at radius 3 is 2.31 bits per heavy atom. The van der Waals surface area contributed by atoms with Crippen molar-refractivity contribution >= 4 is 5.91 Å². The van der Waals surface area contributed by atoms with Crippen molar-refractivity contribution in [1.29, 1.82) is 0 Å². The molecule has 0 spiro atoms. The van der Waals surface area contributed by atoms with Gasteiger partial charge in [0, 0.05) is 11.6 Å². The molecule has 88 valence electrons. The van der Waals surface area contributed by atoms with Crippen LogP contribution >= 0.6 is 0 Å². The lowest BCUT2D eigenvalue weighted by Gasteiger charge is -2.15. The summed E-state index contributed by atoms with van der Waals surface area (Å²) in [7, 11) is 0. The molecule has 2 heteroatoms. The maximum atomic E-state index is 11.9. The third-order valence-corrected chi connectivity index (χ3v) is 2.66.